The number of hydrogen-bond acceptors (Lipinski definition) is 2. The molecule has 0 spiro atoms. The lowest BCUT2D eigenvalue weighted by atomic mass is 9.96. The van der Waals surface area contributed by atoms with Gasteiger partial charge in [0, 0.05) is 12.6 Å². The normalized spacial score (nSPS) is 27.2. The lowest BCUT2D eigenvalue weighted by molar-refractivity contribution is 0.0421. The third-order valence-corrected chi connectivity index (χ3v) is 4.05. The van der Waals surface area contributed by atoms with Crippen LogP contribution in [0.2, 0.25) is 0 Å². The summed E-state index contributed by atoms with van der Waals surface area (Å²) in [5, 5.41) is 13.9. The largest absolute Gasteiger partial charge is 0.389 e. The van der Waals surface area contributed by atoms with Crippen LogP contribution in [-0.2, 0) is 0 Å². The van der Waals surface area contributed by atoms with E-state index in [1.807, 2.05) is 0 Å². The maximum absolute atomic E-state index is 10.3. The van der Waals surface area contributed by atoms with E-state index in [0.29, 0.717) is 12.0 Å². The highest BCUT2D eigenvalue weighted by molar-refractivity contribution is 4.92. The lowest BCUT2D eigenvalue weighted by Crippen LogP contribution is -2.45. The molecule has 2 nitrogen and oxygen atoms in total. The fourth-order valence-corrected chi connectivity index (χ4v) is 2.92. The zero-order chi connectivity index (χ0) is 10.9. The van der Waals surface area contributed by atoms with Crippen molar-refractivity contribution in [3.63, 3.8) is 0 Å². The van der Waals surface area contributed by atoms with E-state index in [0.717, 1.165) is 25.3 Å². The SMILES string of the molecule is CC(C)C(NCC1(O)CCCC1)C1CC1. The highest BCUT2D eigenvalue weighted by atomic mass is 16.3. The Morgan fingerprint density at radius 2 is 1.87 bits per heavy atom. The molecule has 0 bridgehead atoms. The molecule has 88 valence electrons. The summed E-state index contributed by atoms with van der Waals surface area (Å²) in [6, 6.07) is 0.634. The van der Waals surface area contributed by atoms with Gasteiger partial charge in [0.15, 0.2) is 0 Å². The Labute approximate surface area is 93.5 Å². The maximum Gasteiger partial charge on any atom is 0.0771 e. The van der Waals surface area contributed by atoms with Crippen LogP contribution >= 0.6 is 0 Å². The lowest BCUT2D eigenvalue weighted by Gasteiger charge is -2.28. The van der Waals surface area contributed by atoms with Crippen LogP contribution in [0.5, 0.6) is 0 Å². The van der Waals surface area contributed by atoms with Gasteiger partial charge in [0.25, 0.3) is 0 Å². The van der Waals surface area contributed by atoms with Gasteiger partial charge in [-0.2, -0.15) is 0 Å². The second-order valence-corrected chi connectivity index (χ2v) is 5.92. The average molecular weight is 211 g/mol. The highest BCUT2D eigenvalue weighted by Crippen LogP contribution is 2.36. The van der Waals surface area contributed by atoms with Crippen molar-refractivity contribution in [1.29, 1.82) is 0 Å². The standard InChI is InChI=1S/C13H25NO/c1-10(2)12(11-5-6-11)14-9-13(15)7-3-4-8-13/h10-12,14-15H,3-9H2,1-2H3. The molecular formula is C13H25NO. The number of hydrogen-bond donors (Lipinski definition) is 2. The zero-order valence-electron chi connectivity index (χ0n) is 10.1. The van der Waals surface area contributed by atoms with E-state index in [-0.39, 0.29) is 5.60 Å². The molecule has 0 aromatic heterocycles. The summed E-state index contributed by atoms with van der Waals surface area (Å²) in [7, 11) is 0. The molecule has 2 heteroatoms. The fraction of sp³-hybridized carbons (Fsp3) is 1.00. The maximum atomic E-state index is 10.3. The highest BCUT2D eigenvalue weighted by Gasteiger charge is 2.36. The Kier molecular flexibility index (Phi) is 3.36. The van der Waals surface area contributed by atoms with Crippen molar-refractivity contribution >= 4 is 0 Å². The zero-order valence-corrected chi connectivity index (χ0v) is 10.1. The van der Waals surface area contributed by atoms with Crippen LogP contribution in [0.1, 0.15) is 52.4 Å². The summed E-state index contributed by atoms with van der Waals surface area (Å²) in [4.78, 5) is 0. The quantitative estimate of drug-likeness (QED) is 0.731. The van der Waals surface area contributed by atoms with Gasteiger partial charge in [0.05, 0.1) is 5.60 Å². The summed E-state index contributed by atoms with van der Waals surface area (Å²) in [6.07, 6.45) is 7.16. The first-order valence-corrected chi connectivity index (χ1v) is 6.56. The molecule has 1 unspecified atom stereocenters. The molecule has 0 aromatic carbocycles. The number of nitrogens with one attached hydrogen (secondary N) is 1. The molecule has 0 amide bonds. The van der Waals surface area contributed by atoms with Crippen molar-refractivity contribution in [1.82, 2.24) is 5.32 Å². The minimum Gasteiger partial charge on any atom is -0.389 e. The van der Waals surface area contributed by atoms with Gasteiger partial charge in [-0.15, -0.1) is 0 Å². The molecule has 1 atom stereocenters. The van der Waals surface area contributed by atoms with E-state index in [2.05, 4.69) is 19.2 Å². The summed E-state index contributed by atoms with van der Waals surface area (Å²) >= 11 is 0. The van der Waals surface area contributed by atoms with Crippen LogP contribution in [0.4, 0.5) is 0 Å². The Hall–Kier alpha value is -0.0800. The van der Waals surface area contributed by atoms with E-state index in [1.54, 1.807) is 0 Å². The minimum absolute atomic E-state index is 0.387. The Morgan fingerprint density at radius 3 is 2.33 bits per heavy atom. The molecule has 0 radical (unpaired) electrons. The van der Waals surface area contributed by atoms with Gasteiger partial charge in [0.1, 0.15) is 0 Å². The molecule has 2 aliphatic carbocycles. The molecule has 0 aliphatic heterocycles. The van der Waals surface area contributed by atoms with Crippen molar-refractivity contribution in [3.8, 4) is 0 Å². The van der Waals surface area contributed by atoms with Gasteiger partial charge >= 0.3 is 0 Å². The van der Waals surface area contributed by atoms with Crippen molar-refractivity contribution in [2.45, 2.75) is 64.0 Å². The van der Waals surface area contributed by atoms with E-state index >= 15 is 0 Å². The third-order valence-electron chi connectivity index (χ3n) is 4.05. The molecular weight excluding hydrogens is 186 g/mol. The summed E-state index contributed by atoms with van der Waals surface area (Å²) in [5.74, 6) is 1.58. The monoisotopic (exact) mass is 211 g/mol. The van der Waals surface area contributed by atoms with E-state index in [4.69, 9.17) is 0 Å². The topological polar surface area (TPSA) is 32.3 Å². The van der Waals surface area contributed by atoms with Gasteiger partial charge in [0.2, 0.25) is 0 Å². The number of rotatable bonds is 5. The third kappa shape index (κ3) is 2.94. The van der Waals surface area contributed by atoms with Crippen LogP contribution in [0, 0.1) is 11.8 Å². The molecule has 0 saturated heterocycles. The molecule has 2 fully saturated rings. The van der Waals surface area contributed by atoms with Crippen LogP contribution in [0.25, 0.3) is 0 Å². The van der Waals surface area contributed by atoms with Crippen molar-refractivity contribution in [2.24, 2.45) is 11.8 Å². The van der Waals surface area contributed by atoms with Crippen molar-refractivity contribution in [2.75, 3.05) is 6.54 Å². The van der Waals surface area contributed by atoms with Crippen LogP contribution in [-0.4, -0.2) is 23.3 Å². The summed E-state index contributed by atoms with van der Waals surface area (Å²) in [5.41, 5.74) is -0.387. The summed E-state index contributed by atoms with van der Waals surface area (Å²) in [6.45, 7) is 5.38. The van der Waals surface area contributed by atoms with Crippen LogP contribution in [0.3, 0.4) is 0 Å². The van der Waals surface area contributed by atoms with E-state index in [9.17, 15) is 5.11 Å². The average Bonchev–Trinajstić information content (AvgIpc) is 2.90. The molecule has 0 heterocycles. The van der Waals surface area contributed by atoms with Gasteiger partial charge in [-0.25, -0.2) is 0 Å². The predicted molar refractivity (Wildman–Crippen MR) is 62.8 cm³/mol. The molecule has 2 rings (SSSR count). The van der Waals surface area contributed by atoms with Crippen LogP contribution in [0.15, 0.2) is 0 Å². The van der Waals surface area contributed by atoms with Crippen LogP contribution < -0.4 is 5.32 Å². The first kappa shape index (κ1) is 11.4. The molecule has 2 aliphatic rings. The Bertz CT molecular complexity index is 203. The van der Waals surface area contributed by atoms with Crippen molar-refractivity contribution < 1.29 is 5.11 Å². The van der Waals surface area contributed by atoms with Gasteiger partial charge < -0.3 is 10.4 Å². The van der Waals surface area contributed by atoms with Gasteiger partial charge in [-0.3, -0.25) is 0 Å². The molecule has 15 heavy (non-hydrogen) atoms. The van der Waals surface area contributed by atoms with Gasteiger partial charge in [-0.1, -0.05) is 26.7 Å². The van der Waals surface area contributed by atoms with E-state index < -0.39 is 0 Å². The Balaban J connectivity index is 1.79. The molecule has 2 N–H and O–H groups in total. The van der Waals surface area contributed by atoms with Crippen molar-refractivity contribution in [3.05, 3.63) is 0 Å². The second kappa shape index (κ2) is 4.42. The second-order valence-electron chi connectivity index (χ2n) is 5.92. The van der Waals surface area contributed by atoms with Gasteiger partial charge in [-0.05, 0) is 37.5 Å². The summed E-state index contributed by atoms with van der Waals surface area (Å²) < 4.78 is 0. The van der Waals surface area contributed by atoms with E-state index in [1.165, 1.54) is 25.7 Å². The predicted octanol–water partition coefficient (Wildman–Crippen LogP) is 2.32. The number of aliphatic hydroxyl groups is 1. The minimum atomic E-state index is -0.387. The first-order chi connectivity index (χ1) is 7.11. The molecule has 2 saturated carbocycles. The first-order valence-electron chi connectivity index (χ1n) is 6.56. The fourth-order valence-electron chi connectivity index (χ4n) is 2.92. The molecule has 0 aromatic rings. The Morgan fingerprint density at radius 1 is 1.27 bits per heavy atom. The smallest absolute Gasteiger partial charge is 0.0771 e.